The summed E-state index contributed by atoms with van der Waals surface area (Å²) in [6.07, 6.45) is 0.656. The highest BCUT2D eigenvalue weighted by molar-refractivity contribution is 7.91. The van der Waals surface area contributed by atoms with Gasteiger partial charge in [-0.05, 0) is 61.2 Å². The second-order valence-corrected chi connectivity index (χ2v) is 8.13. The number of hydrogen-bond donors (Lipinski definition) is 1. The van der Waals surface area contributed by atoms with Crippen LogP contribution in [0, 0.1) is 13.8 Å². The average molecular weight is 345 g/mol. The first-order valence-corrected chi connectivity index (χ1v) is 9.66. The molecule has 1 N–H and O–H groups in total. The topological polar surface area (TPSA) is 63.2 Å². The molecule has 0 heterocycles. The first kappa shape index (κ1) is 18.2. The minimum Gasteiger partial charge on any atom is -0.352 e. The number of sulfone groups is 1. The molecule has 128 valence electrons. The Labute approximate surface area is 143 Å². The van der Waals surface area contributed by atoms with Crippen LogP contribution in [0.3, 0.4) is 0 Å². The van der Waals surface area contributed by atoms with E-state index >= 15 is 0 Å². The van der Waals surface area contributed by atoms with Crippen molar-refractivity contribution in [3.8, 4) is 0 Å². The maximum Gasteiger partial charge on any atom is 0.251 e. The van der Waals surface area contributed by atoms with Crippen molar-refractivity contribution in [2.24, 2.45) is 0 Å². The molecule has 0 aliphatic carbocycles. The Morgan fingerprint density at radius 1 is 1.00 bits per heavy atom. The van der Waals surface area contributed by atoms with E-state index in [9.17, 15) is 13.2 Å². The van der Waals surface area contributed by atoms with Gasteiger partial charge in [0.2, 0.25) is 0 Å². The quantitative estimate of drug-likeness (QED) is 0.875. The average Bonchev–Trinajstić information content (AvgIpc) is 2.57. The number of nitrogens with one attached hydrogen (secondary N) is 1. The molecular weight excluding hydrogens is 322 g/mol. The third-order valence-corrected chi connectivity index (χ3v) is 5.88. The van der Waals surface area contributed by atoms with E-state index in [2.05, 4.69) is 5.32 Å². The summed E-state index contributed by atoms with van der Waals surface area (Å²) in [6, 6.07) is 12.5. The fraction of sp³-hybridized carbons (Fsp3) is 0.316. The van der Waals surface area contributed by atoms with Gasteiger partial charge in [-0.1, -0.05) is 25.1 Å². The molecular formula is C19H23NO3S. The molecule has 0 radical (unpaired) electrons. The predicted octanol–water partition coefficient (Wildman–Crippen LogP) is 3.07. The molecule has 0 spiro atoms. The van der Waals surface area contributed by atoms with Gasteiger partial charge >= 0.3 is 0 Å². The number of benzene rings is 2. The largest absolute Gasteiger partial charge is 0.352 e. The van der Waals surface area contributed by atoms with E-state index in [0.717, 1.165) is 16.7 Å². The summed E-state index contributed by atoms with van der Waals surface area (Å²) < 4.78 is 23.5. The van der Waals surface area contributed by atoms with Crippen LogP contribution in [-0.2, 0) is 16.3 Å². The summed E-state index contributed by atoms with van der Waals surface area (Å²) in [5.74, 6) is 0.00142. The van der Waals surface area contributed by atoms with Crippen molar-refractivity contribution in [3.05, 3.63) is 64.7 Å². The van der Waals surface area contributed by atoms with Gasteiger partial charge in [-0.3, -0.25) is 4.79 Å². The number of amides is 1. The summed E-state index contributed by atoms with van der Waals surface area (Å²) in [5, 5.41) is 2.89. The zero-order valence-corrected chi connectivity index (χ0v) is 15.1. The van der Waals surface area contributed by atoms with Crippen LogP contribution in [0.1, 0.15) is 34.0 Å². The van der Waals surface area contributed by atoms with Gasteiger partial charge in [-0.25, -0.2) is 8.42 Å². The van der Waals surface area contributed by atoms with E-state index in [1.807, 2.05) is 32.0 Å². The highest BCUT2D eigenvalue weighted by atomic mass is 32.2. The lowest BCUT2D eigenvalue weighted by molar-refractivity contribution is 0.0954. The highest BCUT2D eigenvalue weighted by Gasteiger charge is 2.11. The van der Waals surface area contributed by atoms with E-state index in [0.29, 0.717) is 23.4 Å². The zero-order chi connectivity index (χ0) is 17.7. The van der Waals surface area contributed by atoms with Crippen molar-refractivity contribution in [3.63, 3.8) is 0 Å². The van der Waals surface area contributed by atoms with Crippen LogP contribution >= 0.6 is 0 Å². The molecule has 0 aliphatic rings. The summed E-state index contributed by atoms with van der Waals surface area (Å²) in [7, 11) is -3.16. The minimum absolute atomic E-state index is 0.0942. The molecule has 0 aromatic heterocycles. The molecule has 0 atom stereocenters. The molecule has 0 fully saturated rings. The van der Waals surface area contributed by atoms with Crippen molar-refractivity contribution in [2.75, 3.05) is 12.3 Å². The second kappa shape index (κ2) is 7.62. The Hall–Kier alpha value is -2.14. The standard InChI is InChI=1S/C19H23NO3S/c1-4-24(22,23)18-9-6-16(7-10-18)11-12-20-19(21)17-8-5-14(2)15(3)13-17/h5-10,13H,4,11-12H2,1-3H3,(H,20,21). The molecule has 1 amide bonds. The third kappa shape index (κ3) is 4.45. The molecule has 2 aromatic rings. The lowest BCUT2D eigenvalue weighted by Gasteiger charge is -2.08. The lowest BCUT2D eigenvalue weighted by Crippen LogP contribution is -2.25. The van der Waals surface area contributed by atoms with Gasteiger partial charge in [0.05, 0.1) is 10.6 Å². The van der Waals surface area contributed by atoms with Crippen molar-refractivity contribution in [1.82, 2.24) is 5.32 Å². The molecule has 2 aromatic carbocycles. The van der Waals surface area contributed by atoms with Crippen LogP contribution in [0.4, 0.5) is 0 Å². The molecule has 0 aliphatic heterocycles. The molecule has 2 rings (SSSR count). The van der Waals surface area contributed by atoms with E-state index in [-0.39, 0.29) is 11.7 Å². The molecule has 0 unspecified atom stereocenters. The van der Waals surface area contributed by atoms with Gasteiger partial charge in [0.1, 0.15) is 0 Å². The van der Waals surface area contributed by atoms with Crippen LogP contribution in [0.15, 0.2) is 47.4 Å². The Bertz CT molecular complexity index is 824. The Morgan fingerprint density at radius 3 is 2.25 bits per heavy atom. The Balaban J connectivity index is 1.92. The van der Waals surface area contributed by atoms with Crippen molar-refractivity contribution in [1.29, 1.82) is 0 Å². The molecule has 5 heteroatoms. The molecule has 0 saturated heterocycles. The first-order valence-electron chi connectivity index (χ1n) is 8.00. The van der Waals surface area contributed by atoms with E-state index in [1.54, 1.807) is 31.2 Å². The number of rotatable bonds is 6. The number of carbonyl (C=O) groups is 1. The normalized spacial score (nSPS) is 11.3. The monoisotopic (exact) mass is 345 g/mol. The molecule has 0 saturated carbocycles. The maximum atomic E-state index is 12.1. The Morgan fingerprint density at radius 2 is 1.67 bits per heavy atom. The molecule has 24 heavy (non-hydrogen) atoms. The van der Waals surface area contributed by atoms with Crippen LogP contribution in [-0.4, -0.2) is 26.6 Å². The van der Waals surface area contributed by atoms with Gasteiger partial charge in [0, 0.05) is 12.1 Å². The fourth-order valence-corrected chi connectivity index (χ4v) is 3.22. The Kier molecular flexibility index (Phi) is 5.78. The van der Waals surface area contributed by atoms with E-state index < -0.39 is 9.84 Å². The predicted molar refractivity (Wildman–Crippen MR) is 96.1 cm³/mol. The zero-order valence-electron chi connectivity index (χ0n) is 14.3. The van der Waals surface area contributed by atoms with Crippen LogP contribution in [0.2, 0.25) is 0 Å². The fourth-order valence-electron chi connectivity index (χ4n) is 2.34. The third-order valence-electron chi connectivity index (χ3n) is 4.13. The second-order valence-electron chi connectivity index (χ2n) is 5.85. The van der Waals surface area contributed by atoms with Crippen LogP contribution in [0.5, 0.6) is 0 Å². The SMILES string of the molecule is CCS(=O)(=O)c1ccc(CCNC(=O)c2ccc(C)c(C)c2)cc1. The summed E-state index contributed by atoms with van der Waals surface area (Å²) in [5.41, 5.74) is 3.90. The first-order chi connectivity index (χ1) is 11.3. The maximum absolute atomic E-state index is 12.1. The van der Waals surface area contributed by atoms with Crippen LogP contribution in [0.25, 0.3) is 0 Å². The minimum atomic E-state index is -3.16. The van der Waals surface area contributed by atoms with Crippen molar-refractivity contribution >= 4 is 15.7 Å². The van der Waals surface area contributed by atoms with Gasteiger partial charge in [-0.2, -0.15) is 0 Å². The van der Waals surface area contributed by atoms with Gasteiger partial charge in [-0.15, -0.1) is 0 Å². The van der Waals surface area contributed by atoms with Gasteiger partial charge < -0.3 is 5.32 Å². The van der Waals surface area contributed by atoms with Crippen molar-refractivity contribution in [2.45, 2.75) is 32.1 Å². The number of hydrogen-bond acceptors (Lipinski definition) is 3. The molecule has 4 nitrogen and oxygen atoms in total. The molecule has 0 bridgehead atoms. The lowest BCUT2D eigenvalue weighted by atomic mass is 10.1. The summed E-state index contributed by atoms with van der Waals surface area (Å²) >= 11 is 0. The number of carbonyl (C=O) groups excluding carboxylic acids is 1. The van der Waals surface area contributed by atoms with Crippen LogP contribution < -0.4 is 5.32 Å². The van der Waals surface area contributed by atoms with Gasteiger partial charge in [0.25, 0.3) is 5.91 Å². The summed E-state index contributed by atoms with van der Waals surface area (Å²) in [6.45, 7) is 6.13. The summed E-state index contributed by atoms with van der Waals surface area (Å²) in [4.78, 5) is 12.5. The number of aryl methyl sites for hydroxylation is 2. The van der Waals surface area contributed by atoms with Gasteiger partial charge in [0.15, 0.2) is 9.84 Å². The van der Waals surface area contributed by atoms with E-state index in [1.165, 1.54) is 0 Å². The van der Waals surface area contributed by atoms with Crippen molar-refractivity contribution < 1.29 is 13.2 Å². The highest BCUT2D eigenvalue weighted by Crippen LogP contribution is 2.13. The smallest absolute Gasteiger partial charge is 0.251 e. The van der Waals surface area contributed by atoms with E-state index in [4.69, 9.17) is 0 Å².